The van der Waals surface area contributed by atoms with Gasteiger partial charge in [-0.3, -0.25) is 4.79 Å². The zero-order valence-electron chi connectivity index (χ0n) is 15.5. The van der Waals surface area contributed by atoms with E-state index < -0.39 is 0 Å². The third-order valence-electron chi connectivity index (χ3n) is 5.01. The number of nitrogens with one attached hydrogen (secondary N) is 2. The fourth-order valence-corrected chi connectivity index (χ4v) is 3.46. The third-order valence-corrected chi connectivity index (χ3v) is 5.01. The predicted molar refractivity (Wildman–Crippen MR) is 107 cm³/mol. The van der Waals surface area contributed by atoms with E-state index in [4.69, 9.17) is 4.74 Å². The summed E-state index contributed by atoms with van der Waals surface area (Å²) in [6.45, 7) is 0.848. The molecule has 0 bridgehead atoms. The van der Waals surface area contributed by atoms with E-state index in [0.717, 1.165) is 42.9 Å². The van der Waals surface area contributed by atoms with Crippen molar-refractivity contribution in [2.45, 2.75) is 38.5 Å². The number of amides is 1. The van der Waals surface area contributed by atoms with Gasteiger partial charge in [-0.15, -0.1) is 0 Å². The molecule has 0 heterocycles. The van der Waals surface area contributed by atoms with Crippen LogP contribution >= 0.6 is 0 Å². The SMILES string of the molecule is COc1cccc(CCNc2ccc(NC(=O)C3CCCCC3)cc2)c1. The Morgan fingerprint density at radius 2 is 1.77 bits per heavy atom. The Balaban J connectivity index is 1.45. The molecule has 1 fully saturated rings. The van der Waals surface area contributed by atoms with Gasteiger partial charge in [0, 0.05) is 23.8 Å². The van der Waals surface area contributed by atoms with Crippen molar-refractivity contribution >= 4 is 17.3 Å². The Morgan fingerprint density at radius 1 is 1.04 bits per heavy atom. The fraction of sp³-hybridized carbons (Fsp3) is 0.409. The van der Waals surface area contributed by atoms with Gasteiger partial charge in [0.2, 0.25) is 5.91 Å². The maximum Gasteiger partial charge on any atom is 0.227 e. The number of hydrogen-bond acceptors (Lipinski definition) is 3. The number of rotatable bonds is 7. The molecule has 4 heteroatoms. The summed E-state index contributed by atoms with van der Waals surface area (Å²) in [4.78, 5) is 12.3. The Bertz CT molecular complexity index is 706. The van der Waals surface area contributed by atoms with Crippen LogP contribution in [0.1, 0.15) is 37.7 Å². The fourth-order valence-electron chi connectivity index (χ4n) is 3.46. The summed E-state index contributed by atoms with van der Waals surface area (Å²) in [6.07, 6.45) is 6.59. The molecule has 3 rings (SSSR count). The summed E-state index contributed by atoms with van der Waals surface area (Å²) in [7, 11) is 1.69. The van der Waals surface area contributed by atoms with Crippen LogP contribution in [0.15, 0.2) is 48.5 Å². The van der Waals surface area contributed by atoms with Crippen molar-refractivity contribution < 1.29 is 9.53 Å². The summed E-state index contributed by atoms with van der Waals surface area (Å²) in [5.41, 5.74) is 3.18. The van der Waals surface area contributed by atoms with E-state index in [9.17, 15) is 4.79 Å². The number of hydrogen-bond donors (Lipinski definition) is 2. The minimum absolute atomic E-state index is 0.170. The highest BCUT2D eigenvalue weighted by molar-refractivity contribution is 5.92. The molecule has 1 amide bonds. The van der Waals surface area contributed by atoms with Gasteiger partial charge < -0.3 is 15.4 Å². The Labute approximate surface area is 156 Å². The second kappa shape index (κ2) is 9.27. The van der Waals surface area contributed by atoms with Gasteiger partial charge in [-0.1, -0.05) is 31.4 Å². The summed E-state index contributed by atoms with van der Waals surface area (Å²) in [5, 5.41) is 6.47. The van der Waals surface area contributed by atoms with Crippen molar-refractivity contribution in [3.63, 3.8) is 0 Å². The molecule has 1 aliphatic carbocycles. The first-order valence-electron chi connectivity index (χ1n) is 9.52. The molecule has 0 radical (unpaired) electrons. The van der Waals surface area contributed by atoms with Crippen LogP contribution in [0.3, 0.4) is 0 Å². The molecule has 2 aromatic rings. The zero-order chi connectivity index (χ0) is 18.2. The lowest BCUT2D eigenvalue weighted by Gasteiger charge is -2.20. The van der Waals surface area contributed by atoms with E-state index in [1.165, 1.54) is 24.8 Å². The second-order valence-electron chi connectivity index (χ2n) is 6.93. The lowest BCUT2D eigenvalue weighted by Crippen LogP contribution is -2.24. The molecule has 4 nitrogen and oxygen atoms in total. The molecule has 26 heavy (non-hydrogen) atoms. The van der Waals surface area contributed by atoms with Gasteiger partial charge in [0.05, 0.1) is 7.11 Å². The van der Waals surface area contributed by atoms with Crippen molar-refractivity contribution in [3.05, 3.63) is 54.1 Å². The van der Waals surface area contributed by atoms with Crippen LogP contribution in [-0.2, 0) is 11.2 Å². The molecule has 1 saturated carbocycles. The molecule has 0 atom stereocenters. The molecule has 0 unspecified atom stereocenters. The largest absolute Gasteiger partial charge is 0.497 e. The lowest BCUT2D eigenvalue weighted by molar-refractivity contribution is -0.120. The van der Waals surface area contributed by atoms with E-state index in [-0.39, 0.29) is 11.8 Å². The van der Waals surface area contributed by atoms with E-state index in [1.807, 2.05) is 36.4 Å². The maximum absolute atomic E-state index is 12.3. The molecule has 0 aliphatic heterocycles. The predicted octanol–water partition coefficient (Wildman–Crippen LogP) is 4.87. The molecule has 0 spiro atoms. The van der Waals surface area contributed by atoms with Crippen LogP contribution in [-0.4, -0.2) is 19.6 Å². The van der Waals surface area contributed by atoms with Crippen LogP contribution in [0.25, 0.3) is 0 Å². The van der Waals surface area contributed by atoms with Crippen LogP contribution in [0, 0.1) is 5.92 Å². The zero-order valence-corrected chi connectivity index (χ0v) is 15.5. The van der Waals surface area contributed by atoms with Gasteiger partial charge in [-0.05, 0) is 61.2 Å². The van der Waals surface area contributed by atoms with Gasteiger partial charge >= 0.3 is 0 Å². The van der Waals surface area contributed by atoms with Gasteiger partial charge in [0.1, 0.15) is 5.75 Å². The molecule has 138 valence electrons. The molecular weight excluding hydrogens is 324 g/mol. The van der Waals surface area contributed by atoms with Gasteiger partial charge in [0.25, 0.3) is 0 Å². The normalized spacial score (nSPS) is 14.7. The molecule has 0 saturated heterocycles. The average molecular weight is 352 g/mol. The highest BCUT2D eigenvalue weighted by Crippen LogP contribution is 2.25. The average Bonchev–Trinajstić information content (AvgIpc) is 2.70. The number of carbonyl (C=O) groups excluding carboxylic acids is 1. The van der Waals surface area contributed by atoms with Crippen LogP contribution < -0.4 is 15.4 Å². The summed E-state index contributed by atoms with van der Waals surface area (Å²) in [6, 6.07) is 16.1. The maximum atomic E-state index is 12.3. The highest BCUT2D eigenvalue weighted by atomic mass is 16.5. The van der Waals surface area contributed by atoms with Gasteiger partial charge in [-0.2, -0.15) is 0 Å². The molecule has 0 aromatic heterocycles. The highest BCUT2D eigenvalue weighted by Gasteiger charge is 2.20. The first kappa shape index (κ1) is 18.3. The first-order chi connectivity index (χ1) is 12.7. The van der Waals surface area contributed by atoms with Crippen LogP contribution in [0.2, 0.25) is 0 Å². The number of anilines is 2. The third kappa shape index (κ3) is 5.25. The number of ether oxygens (including phenoxy) is 1. The summed E-state index contributed by atoms with van der Waals surface area (Å²) < 4.78 is 5.25. The molecule has 2 N–H and O–H groups in total. The quantitative estimate of drug-likeness (QED) is 0.747. The van der Waals surface area contributed by atoms with E-state index >= 15 is 0 Å². The van der Waals surface area contributed by atoms with Gasteiger partial charge in [-0.25, -0.2) is 0 Å². The minimum Gasteiger partial charge on any atom is -0.497 e. The van der Waals surface area contributed by atoms with Crippen molar-refractivity contribution in [2.24, 2.45) is 5.92 Å². The van der Waals surface area contributed by atoms with E-state index in [1.54, 1.807) is 7.11 Å². The van der Waals surface area contributed by atoms with E-state index in [0.29, 0.717) is 0 Å². The number of methoxy groups -OCH3 is 1. The van der Waals surface area contributed by atoms with Gasteiger partial charge in [0.15, 0.2) is 0 Å². The number of benzene rings is 2. The molecule has 2 aromatic carbocycles. The minimum atomic E-state index is 0.170. The first-order valence-corrected chi connectivity index (χ1v) is 9.52. The van der Waals surface area contributed by atoms with Crippen molar-refractivity contribution in [3.8, 4) is 5.75 Å². The topological polar surface area (TPSA) is 50.4 Å². The Morgan fingerprint density at radius 3 is 2.50 bits per heavy atom. The van der Waals surface area contributed by atoms with Crippen molar-refractivity contribution in [1.29, 1.82) is 0 Å². The Hall–Kier alpha value is -2.49. The van der Waals surface area contributed by atoms with E-state index in [2.05, 4.69) is 22.8 Å². The standard InChI is InChI=1S/C22H28N2O2/c1-26-21-9-5-6-17(16-21)14-15-23-19-10-12-20(13-11-19)24-22(25)18-7-3-2-4-8-18/h5-6,9-13,16,18,23H,2-4,7-8,14-15H2,1H3,(H,24,25). The van der Waals surface area contributed by atoms with Crippen molar-refractivity contribution in [1.82, 2.24) is 0 Å². The summed E-state index contributed by atoms with van der Waals surface area (Å²) in [5.74, 6) is 1.24. The lowest BCUT2D eigenvalue weighted by atomic mass is 9.88. The number of carbonyl (C=O) groups is 1. The Kier molecular flexibility index (Phi) is 6.53. The smallest absolute Gasteiger partial charge is 0.227 e. The van der Waals surface area contributed by atoms with Crippen molar-refractivity contribution in [2.75, 3.05) is 24.3 Å². The summed E-state index contributed by atoms with van der Waals surface area (Å²) >= 11 is 0. The van der Waals surface area contributed by atoms with Crippen LogP contribution in [0.4, 0.5) is 11.4 Å². The second-order valence-corrected chi connectivity index (χ2v) is 6.93. The molecular formula is C22H28N2O2. The monoisotopic (exact) mass is 352 g/mol. The van der Waals surface area contributed by atoms with Crippen LogP contribution in [0.5, 0.6) is 5.75 Å². The molecule has 1 aliphatic rings.